The van der Waals surface area contributed by atoms with E-state index < -0.39 is 4.92 Å². The summed E-state index contributed by atoms with van der Waals surface area (Å²) in [5.74, 6) is 0. The average Bonchev–Trinajstić information content (AvgIpc) is 2.18. The number of nitro benzene ring substituents is 1. The zero-order valence-corrected chi connectivity index (χ0v) is 8.72. The van der Waals surface area contributed by atoms with E-state index in [-0.39, 0.29) is 5.69 Å². The maximum absolute atomic E-state index is 10.4. The Labute approximate surface area is 89.0 Å². The second-order valence-electron chi connectivity index (χ2n) is 3.41. The molecule has 0 amide bonds. The summed E-state index contributed by atoms with van der Waals surface area (Å²) in [6.07, 6.45) is 1.82. The summed E-state index contributed by atoms with van der Waals surface area (Å²) in [5, 5.41) is 10.4. The monoisotopic (exact) mass is 206 g/mol. The van der Waals surface area contributed by atoms with Crippen molar-refractivity contribution in [2.45, 2.75) is 6.54 Å². The highest BCUT2D eigenvalue weighted by molar-refractivity contribution is 5.32. The Kier molecular flexibility index (Phi) is 4.00. The number of non-ortho nitro benzene ring substituents is 1. The van der Waals surface area contributed by atoms with Crippen LogP contribution in [0.3, 0.4) is 0 Å². The molecule has 4 heteroatoms. The fourth-order valence-electron chi connectivity index (χ4n) is 1.32. The SMILES string of the molecule is C=CCN(C)Cc1ccc([N+](=O)[O-])cc1. The Balaban J connectivity index is 2.64. The fourth-order valence-corrected chi connectivity index (χ4v) is 1.32. The summed E-state index contributed by atoms with van der Waals surface area (Å²) >= 11 is 0. The first-order chi connectivity index (χ1) is 7.13. The molecule has 1 aromatic carbocycles. The summed E-state index contributed by atoms with van der Waals surface area (Å²) in [4.78, 5) is 12.1. The average molecular weight is 206 g/mol. The van der Waals surface area contributed by atoms with Crippen LogP contribution in [-0.2, 0) is 6.54 Å². The van der Waals surface area contributed by atoms with Gasteiger partial charge in [0.05, 0.1) is 4.92 Å². The number of likely N-dealkylation sites (N-methyl/N-ethyl adjacent to an activating group) is 1. The van der Waals surface area contributed by atoms with Crippen LogP contribution in [0.5, 0.6) is 0 Å². The summed E-state index contributed by atoms with van der Waals surface area (Å²) < 4.78 is 0. The standard InChI is InChI=1S/C11H14N2O2/c1-3-8-12(2)9-10-4-6-11(7-5-10)13(14)15/h3-7H,1,8-9H2,2H3. The zero-order chi connectivity index (χ0) is 11.3. The van der Waals surface area contributed by atoms with Crippen LogP contribution < -0.4 is 0 Å². The predicted molar refractivity (Wildman–Crippen MR) is 59.6 cm³/mol. The lowest BCUT2D eigenvalue weighted by molar-refractivity contribution is -0.384. The molecule has 0 fully saturated rings. The highest BCUT2D eigenvalue weighted by Gasteiger charge is 2.04. The maximum Gasteiger partial charge on any atom is 0.269 e. The van der Waals surface area contributed by atoms with E-state index in [0.29, 0.717) is 0 Å². The van der Waals surface area contributed by atoms with E-state index in [1.807, 2.05) is 13.1 Å². The Morgan fingerprint density at radius 2 is 2.07 bits per heavy atom. The second kappa shape index (κ2) is 5.26. The predicted octanol–water partition coefficient (Wildman–Crippen LogP) is 2.21. The van der Waals surface area contributed by atoms with Crippen LogP contribution in [-0.4, -0.2) is 23.4 Å². The Hall–Kier alpha value is -1.68. The molecule has 0 aliphatic rings. The zero-order valence-electron chi connectivity index (χ0n) is 8.72. The van der Waals surface area contributed by atoms with E-state index in [9.17, 15) is 10.1 Å². The van der Waals surface area contributed by atoms with Crippen LogP contribution >= 0.6 is 0 Å². The van der Waals surface area contributed by atoms with Crippen LogP contribution in [0.1, 0.15) is 5.56 Å². The number of hydrogen-bond donors (Lipinski definition) is 0. The number of nitro groups is 1. The Bertz CT molecular complexity index is 346. The van der Waals surface area contributed by atoms with Gasteiger partial charge in [-0.05, 0) is 12.6 Å². The minimum atomic E-state index is -0.392. The third-order valence-corrected chi connectivity index (χ3v) is 2.04. The Morgan fingerprint density at radius 3 is 2.53 bits per heavy atom. The lowest BCUT2D eigenvalue weighted by Gasteiger charge is -2.13. The highest BCUT2D eigenvalue weighted by Crippen LogP contribution is 2.12. The quantitative estimate of drug-likeness (QED) is 0.421. The van der Waals surface area contributed by atoms with Crippen molar-refractivity contribution < 1.29 is 4.92 Å². The van der Waals surface area contributed by atoms with Gasteiger partial charge in [0, 0.05) is 25.2 Å². The van der Waals surface area contributed by atoms with Gasteiger partial charge in [-0.3, -0.25) is 15.0 Å². The van der Waals surface area contributed by atoms with E-state index in [4.69, 9.17) is 0 Å². The molecule has 0 aromatic heterocycles. The Morgan fingerprint density at radius 1 is 1.47 bits per heavy atom. The molecule has 0 saturated heterocycles. The first-order valence-electron chi connectivity index (χ1n) is 4.66. The van der Waals surface area contributed by atoms with Gasteiger partial charge < -0.3 is 0 Å². The van der Waals surface area contributed by atoms with Gasteiger partial charge in [0.15, 0.2) is 0 Å². The van der Waals surface area contributed by atoms with Crippen molar-refractivity contribution in [1.82, 2.24) is 4.90 Å². The van der Waals surface area contributed by atoms with Gasteiger partial charge in [0.1, 0.15) is 0 Å². The van der Waals surface area contributed by atoms with Crippen molar-refractivity contribution >= 4 is 5.69 Å². The molecule has 0 radical (unpaired) electrons. The van der Waals surface area contributed by atoms with Gasteiger partial charge in [-0.25, -0.2) is 0 Å². The van der Waals surface area contributed by atoms with Crippen molar-refractivity contribution in [3.05, 3.63) is 52.6 Å². The molecule has 0 aliphatic heterocycles. The summed E-state index contributed by atoms with van der Waals surface area (Å²) in [6, 6.07) is 6.60. The minimum Gasteiger partial charge on any atom is -0.298 e. The van der Waals surface area contributed by atoms with E-state index >= 15 is 0 Å². The van der Waals surface area contributed by atoms with E-state index in [0.717, 1.165) is 18.7 Å². The van der Waals surface area contributed by atoms with Gasteiger partial charge in [-0.2, -0.15) is 0 Å². The normalized spacial score (nSPS) is 10.3. The largest absolute Gasteiger partial charge is 0.298 e. The van der Waals surface area contributed by atoms with E-state index in [1.54, 1.807) is 12.1 Å². The van der Waals surface area contributed by atoms with Gasteiger partial charge in [-0.1, -0.05) is 18.2 Å². The molecule has 0 atom stereocenters. The first kappa shape index (κ1) is 11.4. The van der Waals surface area contributed by atoms with Crippen molar-refractivity contribution in [3.63, 3.8) is 0 Å². The number of nitrogens with zero attached hydrogens (tertiary/aromatic N) is 2. The number of rotatable bonds is 5. The minimum absolute atomic E-state index is 0.130. The molecule has 0 heterocycles. The molecule has 0 aliphatic carbocycles. The van der Waals surface area contributed by atoms with Gasteiger partial charge in [0.25, 0.3) is 5.69 Å². The van der Waals surface area contributed by atoms with Crippen molar-refractivity contribution in [2.24, 2.45) is 0 Å². The van der Waals surface area contributed by atoms with Gasteiger partial charge in [-0.15, -0.1) is 6.58 Å². The van der Waals surface area contributed by atoms with Crippen molar-refractivity contribution in [3.8, 4) is 0 Å². The molecule has 0 saturated carbocycles. The smallest absolute Gasteiger partial charge is 0.269 e. The molecule has 0 spiro atoms. The summed E-state index contributed by atoms with van der Waals surface area (Å²) in [6.45, 7) is 5.22. The third kappa shape index (κ3) is 3.52. The van der Waals surface area contributed by atoms with E-state index in [1.165, 1.54) is 12.1 Å². The molecule has 0 unspecified atom stereocenters. The van der Waals surface area contributed by atoms with Crippen LogP contribution in [0.4, 0.5) is 5.69 Å². The van der Waals surface area contributed by atoms with Gasteiger partial charge in [0.2, 0.25) is 0 Å². The van der Waals surface area contributed by atoms with Crippen LogP contribution in [0.2, 0.25) is 0 Å². The maximum atomic E-state index is 10.4. The molecular formula is C11H14N2O2. The molecule has 1 aromatic rings. The fraction of sp³-hybridized carbons (Fsp3) is 0.273. The molecule has 15 heavy (non-hydrogen) atoms. The summed E-state index contributed by atoms with van der Waals surface area (Å²) in [7, 11) is 1.98. The molecule has 0 N–H and O–H groups in total. The number of benzene rings is 1. The highest BCUT2D eigenvalue weighted by atomic mass is 16.6. The van der Waals surface area contributed by atoms with Crippen molar-refractivity contribution in [1.29, 1.82) is 0 Å². The van der Waals surface area contributed by atoms with Crippen LogP contribution in [0.25, 0.3) is 0 Å². The first-order valence-corrected chi connectivity index (χ1v) is 4.66. The topological polar surface area (TPSA) is 46.4 Å². The molecule has 1 rings (SSSR count). The van der Waals surface area contributed by atoms with Crippen molar-refractivity contribution in [2.75, 3.05) is 13.6 Å². The van der Waals surface area contributed by atoms with E-state index in [2.05, 4.69) is 11.5 Å². The molecule has 0 bridgehead atoms. The third-order valence-electron chi connectivity index (χ3n) is 2.04. The summed E-state index contributed by atoms with van der Waals surface area (Å²) in [5.41, 5.74) is 1.19. The van der Waals surface area contributed by atoms with Crippen LogP contribution in [0, 0.1) is 10.1 Å². The van der Waals surface area contributed by atoms with Crippen LogP contribution in [0.15, 0.2) is 36.9 Å². The number of hydrogen-bond acceptors (Lipinski definition) is 3. The second-order valence-corrected chi connectivity index (χ2v) is 3.41. The van der Waals surface area contributed by atoms with Gasteiger partial charge >= 0.3 is 0 Å². The molecule has 4 nitrogen and oxygen atoms in total. The molecular weight excluding hydrogens is 192 g/mol. The lowest BCUT2D eigenvalue weighted by atomic mass is 10.2. The lowest BCUT2D eigenvalue weighted by Crippen LogP contribution is -2.17. The molecule has 80 valence electrons.